The second-order valence-corrected chi connectivity index (χ2v) is 4.26. The van der Waals surface area contributed by atoms with E-state index < -0.39 is 0 Å². The molecular weight excluding hydrogens is 188 g/mol. The molecule has 0 aliphatic carbocycles. The van der Waals surface area contributed by atoms with Gasteiger partial charge < -0.3 is 15.4 Å². The molecule has 2 N–H and O–H groups in total. The molecule has 0 atom stereocenters. The summed E-state index contributed by atoms with van der Waals surface area (Å²) in [5.74, 6) is 1.02. The molecule has 80 valence electrons. The van der Waals surface area contributed by atoms with Gasteiger partial charge in [-0.1, -0.05) is 6.07 Å². The highest BCUT2D eigenvalue weighted by molar-refractivity contribution is 5.37. The zero-order valence-electron chi connectivity index (χ0n) is 8.75. The van der Waals surface area contributed by atoms with Crippen LogP contribution in [-0.4, -0.2) is 25.7 Å². The molecule has 1 aromatic carbocycles. The van der Waals surface area contributed by atoms with Crippen LogP contribution in [0.2, 0.25) is 0 Å². The Kier molecular flexibility index (Phi) is 2.35. The van der Waals surface area contributed by atoms with Crippen LogP contribution in [0.5, 0.6) is 5.75 Å². The lowest BCUT2D eigenvalue weighted by Gasteiger charge is -2.28. The standard InChI is InChI=1S/C12H16N2O/c1-2-11(15-12-7-14-8-12)5-10-6-13-4-3-9(1)10/h1-2,5,12-14H,3-4,6-8H2. The minimum atomic E-state index is 0.375. The highest BCUT2D eigenvalue weighted by Gasteiger charge is 2.18. The van der Waals surface area contributed by atoms with Crippen molar-refractivity contribution in [1.29, 1.82) is 0 Å². The number of hydrogen-bond donors (Lipinski definition) is 2. The quantitative estimate of drug-likeness (QED) is 0.743. The molecule has 0 saturated carbocycles. The van der Waals surface area contributed by atoms with Gasteiger partial charge in [-0.05, 0) is 36.2 Å². The minimum Gasteiger partial charge on any atom is -0.488 e. The molecule has 0 radical (unpaired) electrons. The van der Waals surface area contributed by atoms with Crippen molar-refractivity contribution in [3.8, 4) is 5.75 Å². The second-order valence-electron chi connectivity index (χ2n) is 4.26. The number of ether oxygens (including phenoxy) is 1. The van der Waals surface area contributed by atoms with Gasteiger partial charge in [0.2, 0.25) is 0 Å². The third-order valence-corrected chi connectivity index (χ3v) is 3.11. The van der Waals surface area contributed by atoms with Crippen molar-refractivity contribution in [2.45, 2.75) is 19.1 Å². The lowest BCUT2D eigenvalue weighted by Crippen LogP contribution is -2.50. The molecule has 1 aromatic rings. The van der Waals surface area contributed by atoms with Crippen LogP contribution in [0.25, 0.3) is 0 Å². The van der Waals surface area contributed by atoms with Crippen LogP contribution in [0.1, 0.15) is 11.1 Å². The van der Waals surface area contributed by atoms with Crippen LogP contribution in [0.3, 0.4) is 0 Å². The van der Waals surface area contributed by atoms with Gasteiger partial charge in [-0.25, -0.2) is 0 Å². The Hall–Kier alpha value is -1.06. The zero-order chi connectivity index (χ0) is 10.1. The first-order valence-corrected chi connectivity index (χ1v) is 5.62. The Morgan fingerprint density at radius 1 is 1.13 bits per heavy atom. The summed E-state index contributed by atoms with van der Waals surface area (Å²) in [6, 6.07) is 6.49. The molecular formula is C12H16N2O. The van der Waals surface area contributed by atoms with Crippen molar-refractivity contribution < 1.29 is 4.74 Å². The molecule has 0 unspecified atom stereocenters. The average molecular weight is 204 g/mol. The Morgan fingerprint density at radius 3 is 2.87 bits per heavy atom. The fourth-order valence-electron chi connectivity index (χ4n) is 2.07. The van der Waals surface area contributed by atoms with Crippen LogP contribution in [0.4, 0.5) is 0 Å². The predicted octanol–water partition coefficient (Wildman–Crippen LogP) is 0.683. The maximum absolute atomic E-state index is 5.83. The Bertz CT molecular complexity index is 361. The van der Waals surface area contributed by atoms with Gasteiger partial charge >= 0.3 is 0 Å². The van der Waals surface area contributed by atoms with E-state index in [0.29, 0.717) is 6.10 Å². The van der Waals surface area contributed by atoms with E-state index in [1.165, 1.54) is 11.1 Å². The molecule has 0 amide bonds. The summed E-state index contributed by atoms with van der Waals surface area (Å²) in [4.78, 5) is 0. The van der Waals surface area contributed by atoms with Crippen LogP contribution < -0.4 is 15.4 Å². The van der Waals surface area contributed by atoms with Crippen LogP contribution >= 0.6 is 0 Å². The summed E-state index contributed by atoms with van der Waals surface area (Å²) in [7, 11) is 0. The van der Waals surface area contributed by atoms with E-state index in [4.69, 9.17) is 4.74 Å². The molecule has 0 bridgehead atoms. The summed E-state index contributed by atoms with van der Waals surface area (Å²) in [6.45, 7) is 4.04. The molecule has 0 spiro atoms. The normalized spacial score (nSPS) is 20.5. The van der Waals surface area contributed by atoms with Crippen LogP contribution in [-0.2, 0) is 13.0 Å². The molecule has 2 aliphatic heterocycles. The maximum atomic E-state index is 5.83. The summed E-state index contributed by atoms with van der Waals surface area (Å²) in [5, 5.41) is 6.59. The highest BCUT2D eigenvalue weighted by Crippen LogP contribution is 2.21. The molecule has 1 fully saturated rings. The van der Waals surface area contributed by atoms with Crippen molar-refractivity contribution in [3.63, 3.8) is 0 Å². The van der Waals surface area contributed by atoms with E-state index in [1.807, 2.05) is 0 Å². The van der Waals surface area contributed by atoms with Crippen molar-refractivity contribution in [2.75, 3.05) is 19.6 Å². The Morgan fingerprint density at radius 2 is 2.07 bits per heavy atom. The van der Waals surface area contributed by atoms with E-state index in [2.05, 4.69) is 28.8 Å². The minimum absolute atomic E-state index is 0.375. The van der Waals surface area contributed by atoms with Crippen molar-refractivity contribution in [3.05, 3.63) is 29.3 Å². The van der Waals surface area contributed by atoms with Crippen LogP contribution in [0.15, 0.2) is 18.2 Å². The molecule has 3 rings (SSSR count). The largest absolute Gasteiger partial charge is 0.488 e. The van der Waals surface area contributed by atoms with Gasteiger partial charge in [0.05, 0.1) is 0 Å². The molecule has 3 nitrogen and oxygen atoms in total. The van der Waals surface area contributed by atoms with Gasteiger partial charge in [-0.15, -0.1) is 0 Å². The van der Waals surface area contributed by atoms with E-state index in [0.717, 1.165) is 38.3 Å². The van der Waals surface area contributed by atoms with E-state index in [-0.39, 0.29) is 0 Å². The van der Waals surface area contributed by atoms with Crippen molar-refractivity contribution >= 4 is 0 Å². The van der Waals surface area contributed by atoms with E-state index in [9.17, 15) is 0 Å². The molecule has 1 saturated heterocycles. The van der Waals surface area contributed by atoms with Gasteiger partial charge in [0.15, 0.2) is 0 Å². The van der Waals surface area contributed by atoms with Crippen molar-refractivity contribution in [2.24, 2.45) is 0 Å². The fourth-order valence-corrected chi connectivity index (χ4v) is 2.07. The van der Waals surface area contributed by atoms with E-state index >= 15 is 0 Å². The van der Waals surface area contributed by atoms with Crippen molar-refractivity contribution in [1.82, 2.24) is 10.6 Å². The maximum Gasteiger partial charge on any atom is 0.123 e. The summed E-state index contributed by atoms with van der Waals surface area (Å²) < 4.78 is 5.83. The van der Waals surface area contributed by atoms with Gasteiger partial charge in [-0.2, -0.15) is 0 Å². The first kappa shape index (κ1) is 9.19. The highest BCUT2D eigenvalue weighted by atomic mass is 16.5. The summed E-state index contributed by atoms with van der Waals surface area (Å²) in [6.07, 6.45) is 1.51. The van der Waals surface area contributed by atoms with Crippen LogP contribution in [0, 0.1) is 0 Å². The van der Waals surface area contributed by atoms with Gasteiger partial charge in [-0.3, -0.25) is 0 Å². The third kappa shape index (κ3) is 1.85. The lowest BCUT2D eigenvalue weighted by molar-refractivity contribution is 0.142. The zero-order valence-corrected chi connectivity index (χ0v) is 8.75. The molecule has 2 heterocycles. The monoisotopic (exact) mass is 204 g/mol. The third-order valence-electron chi connectivity index (χ3n) is 3.11. The Labute approximate surface area is 89.8 Å². The van der Waals surface area contributed by atoms with Gasteiger partial charge in [0.1, 0.15) is 11.9 Å². The number of nitrogens with one attached hydrogen (secondary N) is 2. The number of fused-ring (bicyclic) bond motifs is 1. The summed E-state index contributed by atoms with van der Waals surface area (Å²) >= 11 is 0. The first-order valence-electron chi connectivity index (χ1n) is 5.62. The molecule has 2 aliphatic rings. The number of benzene rings is 1. The summed E-state index contributed by atoms with van der Waals surface area (Å²) in [5.41, 5.74) is 2.86. The predicted molar refractivity (Wildman–Crippen MR) is 59.1 cm³/mol. The van der Waals surface area contributed by atoms with E-state index in [1.54, 1.807) is 0 Å². The lowest BCUT2D eigenvalue weighted by atomic mass is 10.0. The molecule has 15 heavy (non-hydrogen) atoms. The number of hydrogen-bond acceptors (Lipinski definition) is 3. The topological polar surface area (TPSA) is 33.3 Å². The van der Waals surface area contributed by atoms with Gasteiger partial charge in [0.25, 0.3) is 0 Å². The fraction of sp³-hybridized carbons (Fsp3) is 0.500. The Balaban J connectivity index is 1.77. The average Bonchev–Trinajstić information content (AvgIpc) is 2.23. The smallest absolute Gasteiger partial charge is 0.123 e. The first-order chi connectivity index (χ1) is 7.42. The second kappa shape index (κ2) is 3.83. The molecule has 3 heteroatoms. The molecule has 0 aromatic heterocycles. The SMILES string of the molecule is c1cc2c(cc1OC1CNC1)CNCC2. The number of rotatable bonds is 2. The van der Waals surface area contributed by atoms with Gasteiger partial charge in [0, 0.05) is 19.6 Å².